The average Bonchev–Trinajstić information content (AvgIpc) is 2.94. The summed E-state index contributed by atoms with van der Waals surface area (Å²) in [6, 6.07) is 0.694. The quantitative estimate of drug-likeness (QED) is 0.746. The van der Waals surface area contributed by atoms with E-state index in [1.54, 1.807) is 0 Å². The monoisotopic (exact) mass is 294 g/mol. The van der Waals surface area contributed by atoms with Gasteiger partial charge >= 0.3 is 0 Å². The van der Waals surface area contributed by atoms with E-state index in [4.69, 9.17) is 0 Å². The fourth-order valence-electron chi connectivity index (χ4n) is 4.40. The number of nitrogens with one attached hydrogen (secondary N) is 1. The smallest absolute Gasteiger partial charge is 0.0334 e. The lowest BCUT2D eigenvalue weighted by Gasteiger charge is -2.50. The standard InChI is InChI=1S/C19H38N2/c1-5-7-10-17(6-2)13-21-14-18(16(3)4)20-15-19(21)11-8-9-12-19/h16-18,20H,5-15H2,1-4H3. The number of piperazine rings is 1. The molecule has 2 atom stereocenters. The Balaban J connectivity index is 2.02. The third kappa shape index (κ3) is 4.22. The van der Waals surface area contributed by atoms with Crippen molar-refractivity contribution in [2.45, 2.75) is 90.6 Å². The summed E-state index contributed by atoms with van der Waals surface area (Å²) >= 11 is 0. The Kier molecular flexibility index (Phi) is 6.55. The summed E-state index contributed by atoms with van der Waals surface area (Å²) in [7, 11) is 0. The molecule has 1 saturated carbocycles. The van der Waals surface area contributed by atoms with Crippen molar-refractivity contribution in [1.82, 2.24) is 10.2 Å². The van der Waals surface area contributed by atoms with E-state index in [1.807, 2.05) is 0 Å². The van der Waals surface area contributed by atoms with Gasteiger partial charge in [0.05, 0.1) is 0 Å². The van der Waals surface area contributed by atoms with E-state index in [2.05, 4.69) is 37.9 Å². The van der Waals surface area contributed by atoms with Crippen molar-refractivity contribution >= 4 is 0 Å². The van der Waals surface area contributed by atoms with E-state index in [0.717, 1.165) is 11.8 Å². The number of hydrogen-bond acceptors (Lipinski definition) is 2. The van der Waals surface area contributed by atoms with E-state index in [-0.39, 0.29) is 0 Å². The van der Waals surface area contributed by atoms with Gasteiger partial charge in [-0.15, -0.1) is 0 Å². The van der Waals surface area contributed by atoms with Crippen LogP contribution in [0.5, 0.6) is 0 Å². The summed E-state index contributed by atoms with van der Waals surface area (Å²) in [6.07, 6.45) is 11.3. The van der Waals surface area contributed by atoms with Crippen LogP contribution >= 0.6 is 0 Å². The van der Waals surface area contributed by atoms with Gasteiger partial charge in [-0.25, -0.2) is 0 Å². The molecule has 0 aromatic rings. The molecule has 1 aliphatic heterocycles. The average molecular weight is 295 g/mol. The van der Waals surface area contributed by atoms with Crippen molar-refractivity contribution in [3.8, 4) is 0 Å². The lowest BCUT2D eigenvalue weighted by Crippen LogP contribution is -2.65. The number of hydrogen-bond donors (Lipinski definition) is 1. The molecule has 0 amide bonds. The SMILES string of the molecule is CCCCC(CC)CN1CC(C(C)C)NCC12CCCC2. The second kappa shape index (κ2) is 7.97. The molecule has 2 fully saturated rings. The van der Waals surface area contributed by atoms with E-state index >= 15 is 0 Å². The van der Waals surface area contributed by atoms with Gasteiger partial charge in [0.25, 0.3) is 0 Å². The Bertz CT molecular complexity index is 294. The lowest BCUT2D eigenvalue weighted by molar-refractivity contribution is 0.0184. The first-order valence-corrected chi connectivity index (χ1v) is 9.59. The van der Waals surface area contributed by atoms with E-state index < -0.39 is 0 Å². The minimum atomic E-state index is 0.505. The highest BCUT2D eigenvalue weighted by Crippen LogP contribution is 2.38. The molecule has 1 saturated heterocycles. The summed E-state index contributed by atoms with van der Waals surface area (Å²) in [4.78, 5) is 2.92. The van der Waals surface area contributed by atoms with Crippen LogP contribution in [0.3, 0.4) is 0 Å². The van der Waals surface area contributed by atoms with E-state index in [9.17, 15) is 0 Å². The van der Waals surface area contributed by atoms with Gasteiger partial charge < -0.3 is 5.32 Å². The van der Waals surface area contributed by atoms with Gasteiger partial charge in [-0.3, -0.25) is 4.90 Å². The molecule has 1 heterocycles. The molecule has 2 rings (SSSR count). The molecule has 0 bridgehead atoms. The topological polar surface area (TPSA) is 15.3 Å². The third-order valence-corrected chi connectivity index (χ3v) is 6.14. The van der Waals surface area contributed by atoms with Gasteiger partial charge in [-0.2, -0.15) is 0 Å². The van der Waals surface area contributed by atoms with Crippen LogP contribution in [-0.2, 0) is 0 Å². The maximum absolute atomic E-state index is 3.87. The highest BCUT2D eigenvalue weighted by Gasteiger charge is 2.44. The largest absolute Gasteiger partial charge is 0.311 e. The van der Waals surface area contributed by atoms with Crippen LogP contribution in [0.15, 0.2) is 0 Å². The van der Waals surface area contributed by atoms with Crippen LogP contribution in [0.2, 0.25) is 0 Å². The van der Waals surface area contributed by atoms with E-state index in [0.29, 0.717) is 11.6 Å². The van der Waals surface area contributed by atoms with E-state index in [1.165, 1.54) is 71.0 Å². The molecule has 2 heteroatoms. The third-order valence-electron chi connectivity index (χ3n) is 6.14. The van der Waals surface area contributed by atoms with Crippen molar-refractivity contribution in [2.75, 3.05) is 19.6 Å². The zero-order chi connectivity index (χ0) is 15.3. The van der Waals surface area contributed by atoms with Crippen LogP contribution in [0.4, 0.5) is 0 Å². The summed E-state index contributed by atoms with van der Waals surface area (Å²) in [5.41, 5.74) is 0.505. The second-order valence-electron chi connectivity index (χ2n) is 7.98. The fraction of sp³-hybridized carbons (Fsp3) is 1.00. The van der Waals surface area contributed by atoms with Crippen molar-refractivity contribution in [1.29, 1.82) is 0 Å². The summed E-state index contributed by atoms with van der Waals surface area (Å²) in [6.45, 7) is 13.3. The van der Waals surface area contributed by atoms with Crippen LogP contribution in [0.1, 0.15) is 79.1 Å². The molecule has 21 heavy (non-hydrogen) atoms. The predicted molar refractivity (Wildman–Crippen MR) is 92.7 cm³/mol. The molecule has 1 N–H and O–H groups in total. The van der Waals surface area contributed by atoms with Gasteiger partial charge in [0, 0.05) is 31.2 Å². The number of rotatable bonds is 7. The molecule has 1 spiro atoms. The van der Waals surface area contributed by atoms with Crippen molar-refractivity contribution in [2.24, 2.45) is 11.8 Å². The highest BCUT2D eigenvalue weighted by atomic mass is 15.3. The van der Waals surface area contributed by atoms with Gasteiger partial charge in [-0.05, 0) is 31.1 Å². The van der Waals surface area contributed by atoms with Crippen molar-refractivity contribution < 1.29 is 0 Å². The number of nitrogens with zero attached hydrogens (tertiary/aromatic N) is 1. The second-order valence-corrected chi connectivity index (χ2v) is 7.98. The lowest BCUT2D eigenvalue weighted by atomic mass is 9.86. The van der Waals surface area contributed by atoms with Gasteiger partial charge in [0.1, 0.15) is 0 Å². The Morgan fingerprint density at radius 2 is 1.90 bits per heavy atom. The van der Waals surface area contributed by atoms with Crippen LogP contribution in [0.25, 0.3) is 0 Å². The predicted octanol–water partition coefficient (Wildman–Crippen LogP) is 4.45. The summed E-state index contributed by atoms with van der Waals surface area (Å²) in [5, 5.41) is 3.87. The Morgan fingerprint density at radius 3 is 2.48 bits per heavy atom. The zero-order valence-electron chi connectivity index (χ0n) is 15.0. The van der Waals surface area contributed by atoms with Gasteiger partial charge in [0.2, 0.25) is 0 Å². The number of unbranched alkanes of at least 4 members (excludes halogenated alkanes) is 1. The first kappa shape index (κ1) is 17.3. The molecule has 2 unspecified atom stereocenters. The van der Waals surface area contributed by atoms with Crippen LogP contribution in [0, 0.1) is 11.8 Å². The van der Waals surface area contributed by atoms with Crippen molar-refractivity contribution in [3.05, 3.63) is 0 Å². The van der Waals surface area contributed by atoms with Crippen molar-refractivity contribution in [3.63, 3.8) is 0 Å². The first-order valence-electron chi connectivity index (χ1n) is 9.59. The fourth-order valence-corrected chi connectivity index (χ4v) is 4.40. The minimum absolute atomic E-state index is 0.505. The highest BCUT2D eigenvalue weighted by molar-refractivity contribution is 5.02. The molecule has 0 aromatic carbocycles. The molecule has 124 valence electrons. The maximum Gasteiger partial charge on any atom is 0.0334 e. The summed E-state index contributed by atoms with van der Waals surface area (Å²) < 4.78 is 0. The normalized spacial score (nSPS) is 27.6. The molecule has 2 aliphatic rings. The van der Waals surface area contributed by atoms with Gasteiger partial charge in [-0.1, -0.05) is 59.8 Å². The molecular formula is C19H38N2. The molecule has 1 aliphatic carbocycles. The first-order chi connectivity index (χ1) is 10.1. The molecule has 2 nitrogen and oxygen atoms in total. The minimum Gasteiger partial charge on any atom is -0.311 e. The van der Waals surface area contributed by atoms with Gasteiger partial charge in [0.15, 0.2) is 0 Å². The van der Waals surface area contributed by atoms with Crippen LogP contribution in [-0.4, -0.2) is 36.1 Å². The molecule has 0 aromatic heterocycles. The Morgan fingerprint density at radius 1 is 1.19 bits per heavy atom. The molecule has 0 radical (unpaired) electrons. The maximum atomic E-state index is 3.87. The Hall–Kier alpha value is -0.0800. The Labute approximate surface area is 133 Å². The van der Waals surface area contributed by atoms with Crippen LogP contribution < -0.4 is 5.32 Å². The zero-order valence-corrected chi connectivity index (χ0v) is 15.0. The molecular weight excluding hydrogens is 256 g/mol. The summed E-state index contributed by atoms with van der Waals surface area (Å²) in [5.74, 6) is 1.66.